The van der Waals surface area contributed by atoms with Gasteiger partial charge in [-0.25, -0.2) is 4.79 Å². The molecular weight excluding hydrogens is 599 g/mol. The van der Waals surface area contributed by atoms with Crippen LogP contribution in [-0.2, 0) is 16.0 Å². The number of carbonyl (C=O) groups is 3. The van der Waals surface area contributed by atoms with Crippen LogP contribution >= 0.6 is 23.2 Å². The fourth-order valence-corrected chi connectivity index (χ4v) is 6.61. The zero-order valence-corrected chi connectivity index (χ0v) is 28.0. The molecule has 2 aromatic carbocycles. The lowest BCUT2D eigenvalue weighted by Crippen LogP contribution is -2.51. The largest absolute Gasteiger partial charge is 0.444 e. The Labute approximate surface area is 271 Å². The Morgan fingerprint density at radius 2 is 1.80 bits per heavy atom. The molecule has 10 heteroatoms. The number of ether oxygens (including phenoxy) is 1. The minimum atomic E-state index is -0.607. The molecule has 2 aliphatic heterocycles. The van der Waals surface area contributed by atoms with E-state index in [1.165, 1.54) is 5.56 Å². The van der Waals surface area contributed by atoms with Crippen LogP contribution in [0.4, 0.5) is 4.79 Å². The van der Waals surface area contributed by atoms with Crippen molar-refractivity contribution in [1.82, 2.24) is 20.4 Å². The van der Waals surface area contributed by atoms with Crippen molar-refractivity contribution in [3.63, 3.8) is 0 Å². The van der Waals surface area contributed by atoms with Gasteiger partial charge >= 0.3 is 6.09 Å². The molecule has 0 radical (unpaired) electrons. The minimum Gasteiger partial charge on any atom is -0.444 e. The molecule has 0 aliphatic carbocycles. The van der Waals surface area contributed by atoms with Gasteiger partial charge in [0.05, 0.1) is 16.1 Å². The number of alkyl carbamates (subject to hydrolysis) is 1. The van der Waals surface area contributed by atoms with Gasteiger partial charge in [0.1, 0.15) is 5.60 Å². The number of rotatable bonds is 10. The van der Waals surface area contributed by atoms with E-state index >= 15 is 0 Å². The Morgan fingerprint density at radius 3 is 2.45 bits per heavy atom. The van der Waals surface area contributed by atoms with Crippen LogP contribution in [0.2, 0.25) is 10.0 Å². The van der Waals surface area contributed by atoms with Crippen LogP contribution in [0.25, 0.3) is 0 Å². The van der Waals surface area contributed by atoms with Gasteiger partial charge < -0.3 is 20.3 Å². The van der Waals surface area contributed by atoms with Crippen LogP contribution in [0.1, 0.15) is 76.2 Å². The highest BCUT2D eigenvalue weighted by Gasteiger charge is 2.46. The van der Waals surface area contributed by atoms with Gasteiger partial charge in [-0.2, -0.15) is 0 Å². The first kappa shape index (κ1) is 34.1. The van der Waals surface area contributed by atoms with Crippen LogP contribution in [0.3, 0.4) is 0 Å². The number of nitrogens with zero attached hydrogens (tertiary/aromatic N) is 2. The van der Waals surface area contributed by atoms with E-state index in [-0.39, 0.29) is 36.0 Å². The second-order valence-corrected chi connectivity index (χ2v) is 14.2. The molecule has 4 rings (SSSR count). The molecule has 2 heterocycles. The standard InChI is InChI=1S/C34H46Cl2N4O4/c1-22(2)17-27(20-37-31(41)24-12-14-28(35)29(36)18-24)39-16-15-26(13-11-23-9-7-6-8-10-23)40-21-25(19-30(40)32(39)42)38-33(43)44-34(3,4)5/h6-10,12,14,18,22,25-27,30H,11,13,15-17,19-21H2,1-5H3,(H,37,41)(H,38,43)/t25-,26?,27-,30+/m1/s1. The lowest BCUT2D eigenvalue weighted by Gasteiger charge is -2.34. The summed E-state index contributed by atoms with van der Waals surface area (Å²) in [6.07, 6.45) is 3.41. The summed E-state index contributed by atoms with van der Waals surface area (Å²) in [6.45, 7) is 11.3. The van der Waals surface area contributed by atoms with Gasteiger partial charge in [0.25, 0.3) is 5.91 Å². The van der Waals surface area contributed by atoms with Gasteiger partial charge in [-0.15, -0.1) is 0 Å². The fraction of sp³-hybridized carbons (Fsp3) is 0.559. The number of hydrogen-bond acceptors (Lipinski definition) is 5. The van der Waals surface area contributed by atoms with E-state index in [1.54, 1.807) is 18.2 Å². The number of halogens is 2. The molecule has 2 N–H and O–H groups in total. The van der Waals surface area contributed by atoms with Crippen molar-refractivity contribution < 1.29 is 19.1 Å². The maximum atomic E-state index is 14.3. The molecule has 0 spiro atoms. The van der Waals surface area contributed by atoms with Gasteiger partial charge in [-0.3, -0.25) is 14.5 Å². The SMILES string of the molecule is CC(C)C[C@H](CNC(=O)c1ccc(Cl)c(Cl)c1)N1CCC(CCc2ccccc2)N2C[C@H](NC(=O)OC(C)(C)C)C[C@H]2C1=O. The predicted molar refractivity (Wildman–Crippen MR) is 175 cm³/mol. The molecule has 2 saturated heterocycles. The van der Waals surface area contributed by atoms with Gasteiger partial charge in [0.2, 0.25) is 5.91 Å². The first-order valence-electron chi connectivity index (χ1n) is 15.6. The van der Waals surface area contributed by atoms with Crippen LogP contribution in [-0.4, -0.2) is 77.1 Å². The molecular formula is C34H46Cl2N4O4. The summed E-state index contributed by atoms with van der Waals surface area (Å²) in [5, 5.41) is 6.77. The zero-order valence-electron chi connectivity index (χ0n) is 26.4. The lowest BCUT2D eigenvalue weighted by atomic mass is 10.00. The number of nitrogens with one attached hydrogen (secondary N) is 2. The Hall–Kier alpha value is -2.81. The minimum absolute atomic E-state index is 0.0511. The number of carbonyl (C=O) groups excluding carboxylic acids is 3. The molecule has 2 aliphatic rings. The second kappa shape index (κ2) is 15.0. The van der Waals surface area contributed by atoms with Crippen molar-refractivity contribution in [3.05, 3.63) is 69.7 Å². The van der Waals surface area contributed by atoms with Crippen LogP contribution in [0, 0.1) is 5.92 Å². The summed E-state index contributed by atoms with van der Waals surface area (Å²) in [6, 6.07) is 14.6. The van der Waals surface area contributed by atoms with Crippen molar-refractivity contribution >= 4 is 41.1 Å². The maximum absolute atomic E-state index is 14.3. The summed E-state index contributed by atoms with van der Waals surface area (Å²) in [5.74, 6) is 0.104. The van der Waals surface area contributed by atoms with E-state index in [9.17, 15) is 14.4 Å². The fourth-order valence-electron chi connectivity index (χ4n) is 6.31. The third kappa shape index (κ3) is 9.35. The molecule has 0 aromatic heterocycles. The molecule has 240 valence electrons. The van der Waals surface area contributed by atoms with E-state index in [0.717, 1.165) is 25.7 Å². The Bertz CT molecular complexity index is 1300. The molecule has 2 fully saturated rings. The maximum Gasteiger partial charge on any atom is 0.407 e. The molecule has 44 heavy (non-hydrogen) atoms. The molecule has 4 atom stereocenters. The second-order valence-electron chi connectivity index (χ2n) is 13.4. The Morgan fingerprint density at radius 1 is 1.07 bits per heavy atom. The van der Waals surface area contributed by atoms with Crippen LogP contribution in [0.5, 0.6) is 0 Å². The summed E-state index contributed by atoms with van der Waals surface area (Å²) in [5.41, 5.74) is 1.08. The zero-order chi connectivity index (χ0) is 32.0. The molecule has 0 bridgehead atoms. The Balaban J connectivity index is 1.53. The van der Waals surface area contributed by atoms with Gasteiger partial charge in [-0.05, 0) is 82.6 Å². The number of benzene rings is 2. The average Bonchev–Trinajstić information content (AvgIpc) is 3.31. The van der Waals surface area contributed by atoms with Crippen molar-refractivity contribution in [1.29, 1.82) is 0 Å². The number of fused-ring (bicyclic) bond motifs is 1. The average molecular weight is 646 g/mol. The van der Waals surface area contributed by atoms with Gasteiger partial charge in [-0.1, -0.05) is 67.4 Å². The number of aryl methyl sites for hydroxylation is 1. The summed E-state index contributed by atoms with van der Waals surface area (Å²) < 4.78 is 5.52. The highest BCUT2D eigenvalue weighted by molar-refractivity contribution is 6.42. The summed E-state index contributed by atoms with van der Waals surface area (Å²) >= 11 is 12.2. The van der Waals surface area contributed by atoms with E-state index in [0.29, 0.717) is 47.6 Å². The van der Waals surface area contributed by atoms with Crippen molar-refractivity contribution in [2.75, 3.05) is 19.6 Å². The monoisotopic (exact) mass is 644 g/mol. The van der Waals surface area contributed by atoms with Crippen molar-refractivity contribution in [3.8, 4) is 0 Å². The number of amides is 3. The van der Waals surface area contributed by atoms with Crippen LogP contribution in [0.15, 0.2) is 48.5 Å². The lowest BCUT2D eigenvalue weighted by molar-refractivity contribution is -0.137. The van der Waals surface area contributed by atoms with E-state index < -0.39 is 11.7 Å². The van der Waals surface area contributed by atoms with Crippen molar-refractivity contribution in [2.45, 2.75) is 96.5 Å². The third-order valence-electron chi connectivity index (χ3n) is 8.27. The Kier molecular flexibility index (Phi) is 11.6. The highest BCUT2D eigenvalue weighted by atomic mass is 35.5. The molecule has 8 nitrogen and oxygen atoms in total. The van der Waals surface area contributed by atoms with Crippen LogP contribution < -0.4 is 10.6 Å². The number of hydrogen-bond donors (Lipinski definition) is 2. The molecule has 1 unspecified atom stereocenters. The van der Waals surface area contributed by atoms with E-state index in [4.69, 9.17) is 27.9 Å². The molecule has 2 aromatic rings. The summed E-state index contributed by atoms with van der Waals surface area (Å²) in [7, 11) is 0. The first-order chi connectivity index (χ1) is 20.8. The topological polar surface area (TPSA) is 91.0 Å². The predicted octanol–water partition coefficient (Wildman–Crippen LogP) is 6.34. The smallest absolute Gasteiger partial charge is 0.407 e. The van der Waals surface area contributed by atoms with Gasteiger partial charge in [0.15, 0.2) is 0 Å². The normalized spacial score (nSPS) is 21.5. The van der Waals surface area contributed by atoms with E-state index in [1.807, 2.05) is 31.7 Å². The first-order valence-corrected chi connectivity index (χ1v) is 16.4. The summed E-state index contributed by atoms with van der Waals surface area (Å²) in [4.78, 5) is 44.3. The quantitative estimate of drug-likeness (QED) is 0.315. The molecule has 3 amide bonds. The van der Waals surface area contributed by atoms with Gasteiger partial charge in [0, 0.05) is 43.3 Å². The molecule has 0 saturated carbocycles. The van der Waals surface area contributed by atoms with E-state index in [2.05, 4.69) is 53.6 Å². The third-order valence-corrected chi connectivity index (χ3v) is 9.01. The van der Waals surface area contributed by atoms with Crippen molar-refractivity contribution in [2.24, 2.45) is 5.92 Å². The highest BCUT2D eigenvalue weighted by Crippen LogP contribution is 2.31.